The fourth-order valence-corrected chi connectivity index (χ4v) is 2.79. The van der Waals surface area contributed by atoms with Crippen LogP contribution in [0, 0.1) is 21.8 Å². The van der Waals surface area contributed by atoms with Gasteiger partial charge in [-0.2, -0.15) is 0 Å². The van der Waals surface area contributed by atoms with Gasteiger partial charge in [0.25, 0.3) is 5.69 Å². The van der Waals surface area contributed by atoms with Gasteiger partial charge < -0.3 is 10.6 Å². The lowest BCUT2D eigenvalue weighted by Gasteiger charge is -2.08. The van der Waals surface area contributed by atoms with Crippen molar-refractivity contribution in [3.8, 4) is 0 Å². The van der Waals surface area contributed by atoms with E-state index in [-0.39, 0.29) is 29.2 Å². The summed E-state index contributed by atoms with van der Waals surface area (Å²) in [6.07, 6.45) is 0.785. The maximum Gasteiger partial charge on any atom is 0.269 e. The van der Waals surface area contributed by atoms with Crippen molar-refractivity contribution in [3.63, 3.8) is 0 Å². The molecule has 3 rings (SSSR count). The Kier molecular flexibility index (Phi) is 4.92. The number of non-ortho nitro benzene ring substituents is 1. The van der Waals surface area contributed by atoms with Gasteiger partial charge in [0.05, 0.1) is 4.92 Å². The average molecular weight is 343 g/mol. The molecule has 2 unspecified atom stereocenters. The molecule has 1 saturated carbocycles. The maximum absolute atomic E-state index is 12.9. The van der Waals surface area contributed by atoms with Gasteiger partial charge in [0.15, 0.2) is 0 Å². The number of amides is 1. The van der Waals surface area contributed by atoms with Gasteiger partial charge >= 0.3 is 0 Å². The van der Waals surface area contributed by atoms with Crippen LogP contribution in [0.1, 0.15) is 17.9 Å². The lowest BCUT2D eigenvalue weighted by Crippen LogP contribution is -2.30. The van der Waals surface area contributed by atoms with E-state index < -0.39 is 4.92 Å². The fraction of sp³-hybridized carbons (Fsp3) is 0.278. The summed E-state index contributed by atoms with van der Waals surface area (Å²) in [5.41, 5.74) is 1.79. The van der Waals surface area contributed by atoms with Crippen LogP contribution in [0.25, 0.3) is 0 Å². The monoisotopic (exact) mass is 343 g/mol. The van der Waals surface area contributed by atoms with Crippen molar-refractivity contribution in [2.75, 3.05) is 18.4 Å². The van der Waals surface area contributed by atoms with Gasteiger partial charge in [-0.3, -0.25) is 14.9 Å². The first-order valence-corrected chi connectivity index (χ1v) is 8.06. The van der Waals surface area contributed by atoms with Crippen LogP contribution >= 0.6 is 0 Å². The Morgan fingerprint density at radius 1 is 1.12 bits per heavy atom. The zero-order chi connectivity index (χ0) is 17.8. The van der Waals surface area contributed by atoms with Gasteiger partial charge in [-0.15, -0.1) is 0 Å². The van der Waals surface area contributed by atoms with Gasteiger partial charge in [0, 0.05) is 36.8 Å². The third-order valence-corrected chi connectivity index (χ3v) is 4.26. The van der Waals surface area contributed by atoms with E-state index in [1.54, 1.807) is 24.3 Å². The highest BCUT2D eigenvalue weighted by Gasteiger charge is 2.43. The minimum atomic E-state index is -0.447. The maximum atomic E-state index is 12.9. The largest absolute Gasteiger partial charge is 0.383 e. The summed E-state index contributed by atoms with van der Waals surface area (Å²) in [7, 11) is 0. The number of hydrogen-bond donors (Lipinski definition) is 2. The quantitative estimate of drug-likeness (QED) is 0.460. The van der Waals surface area contributed by atoms with Crippen molar-refractivity contribution >= 4 is 17.3 Å². The molecule has 2 atom stereocenters. The number of anilines is 1. The van der Waals surface area contributed by atoms with Crippen molar-refractivity contribution in [2.45, 2.75) is 12.3 Å². The van der Waals surface area contributed by atoms with E-state index >= 15 is 0 Å². The molecule has 6 nitrogen and oxygen atoms in total. The van der Waals surface area contributed by atoms with E-state index in [0.29, 0.717) is 13.1 Å². The number of carbonyl (C=O) groups excluding carboxylic acids is 1. The Labute approximate surface area is 144 Å². The van der Waals surface area contributed by atoms with Crippen molar-refractivity contribution < 1.29 is 14.1 Å². The van der Waals surface area contributed by atoms with Crippen LogP contribution in [0.5, 0.6) is 0 Å². The zero-order valence-corrected chi connectivity index (χ0v) is 13.4. The van der Waals surface area contributed by atoms with E-state index in [4.69, 9.17) is 0 Å². The molecule has 1 fully saturated rings. The van der Waals surface area contributed by atoms with Crippen molar-refractivity contribution in [2.24, 2.45) is 5.92 Å². The molecule has 0 bridgehead atoms. The molecule has 0 aromatic heterocycles. The average Bonchev–Trinajstić information content (AvgIpc) is 3.40. The molecule has 2 N–H and O–H groups in total. The Morgan fingerprint density at radius 2 is 1.80 bits per heavy atom. The summed E-state index contributed by atoms with van der Waals surface area (Å²) in [6, 6.07) is 12.4. The molecule has 25 heavy (non-hydrogen) atoms. The standard InChI is InChI=1S/C18H18FN3O3/c19-13-3-1-12(2-4-13)16-11-17(16)18(23)21-10-9-20-14-5-7-15(8-6-14)22(24)25/h1-8,16-17,20H,9-11H2,(H,21,23). The van der Waals surface area contributed by atoms with Crippen LogP contribution in [0.15, 0.2) is 48.5 Å². The molecule has 0 spiro atoms. The summed E-state index contributed by atoms with van der Waals surface area (Å²) in [5.74, 6) is -0.157. The van der Waals surface area contributed by atoms with Gasteiger partial charge in [-0.05, 0) is 42.2 Å². The van der Waals surface area contributed by atoms with E-state index in [9.17, 15) is 19.3 Å². The number of benzene rings is 2. The highest BCUT2D eigenvalue weighted by atomic mass is 19.1. The van der Waals surface area contributed by atoms with Gasteiger partial charge in [-0.1, -0.05) is 12.1 Å². The molecular formula is C18H18FN3O3. The van der Waals surface area contributed by atoms with Gasteiger partial charge in [0.1, 0.15) is 5.82 Å². The summed E-state index contributed by atoms with van der Waals surface area (Å²) < 4.78 is 12.9. The number of rotatable bonds is 7. The molecular weight excluding hydrogens is 325 g/mol. The predicted molar refractivity (Wildman–Crippen MR) is 91.8 cm³/mol. The number of halogens is 1. The van der Waals surface area contributed by atoms with Gasteiger partial charge in [0.2, 0.25) is 5.91 Å². The highest BCUT2D eigenvalue weighted by molar-refractivity contribution is 5.82. The molecule has 1 aliphatic rings. The topological polar surface area (TPSA) is 84.3 Å². The molecule has 7 heteroatoms. The first-order chi connectivity index (χ1) is 12.0. The van der Waals surface area contributed by atoms with Crippen molar-refractivity contribution in [1.29, 1.82) is 0 Å². The van der Waals surface area contributed by atoms with E-state index in [0.717, 1.165) is 17.7 Å². The van der Waals surface area contributed by atoms with Crippen LogP contribution in [-0.2, 0) is 4.79 Å². The molecule has 2 aromatic rings. The van der Waals surface area contributed by atoms with Crippen LogP contribution in [0.3, 0.4) is 0 Å². The minimum absolute atomic E-state index is 0.000162. The first-order valence-electron chi connectivity index (χ1n) is 8.06. The summed E-state index contributed by atoms with van der Waals surface area (Å²) in [4.78, 5) is 22.2. The molecule has 2 aromatic carbocycles. The van der Waals surface area contributed by atoms with E-state index in [1.807, 2.05) is 0 Å². The number of nitrogens with zero attached hydrogens (tertiary/aromatic N) is 1. The van der Waals surface area contributed by atoms with Crippen LogP contribution in [-0.4, -0.2) is 23.9 Å². The van der Waals surface area contributed by atoms with Crippen molar-refractivity contribution in [1.82, 2.24) is 5.32 Å². The summed E-state index contributed by atoms with van der Waals surface area (Å²) in [6.45, 7) is 0.986. The third-order valence-electron chi connectivity index (χ3n) is 4.26. The Morgan fingerprint density at radius 3 is 2.44 bits per heavy atom. The Bertz CT molecular complexity index is 762. The predicted octanol–water partition coefficient (Wildman–Crippen LogP) is 3.07. The Balaban J connectivity index is 1.39. The van der Waals surface area contributed by atoms with E-state index in [1.165, 1.54) is 24.3 Å². The SMILES string of the molecule is O=C(NCCNc1ccc([N+](=O)[O-])cc1)C1CC1c1ccc(F)cc1. The van der Waals surface area contributed by atoms with E-state index in [2.05, 4.69) is 10.6 Å². The number of nitro benzene ring substituents is 1. The molecule has 0 radical (unpaired) electrons. The Hall–Kier alpha value is -2.96. The lowest BCUT2D eigenvalue weighted by molar-refractivity contribution is -0.384. The number of carbonyl (C=O) groups is 1. The minimum Gasteiger partial charge on any atom is -0.383 e. The number of hydrogen-bond acceptors (Lipinski definition) is 4. The second-order valence-electron chi connectivity index (χ2n) is 6.02. The summed E-state index contributed by atoms with van der Waals surface area (Å²) >= 11 is 0. The zero-order valence-electron chi connectivity index (χ0n) is 13.4. The normalized spacial score (nSPS) is 18.4. The second-order valence-corrected chi connectivity index (χ2v) is 6.02. The van der Waals surface area contributed by atoms with Gasteiger partial charge in [-0.25, -0.2) is 4.39 Å². The summed E-state index contributed by atoms with van der Waals surface area (Å²) in [5, 5.41) is 16.5. The fourth-order valence-electron chi connectivity index (χ4n) is 2.79. The smallest absolute Gasteiger partial charge is 0.269 e. The van der Waals surface area contributed by atoms with Crippen LogP contribution in [0.2, 0.25) is 0 Å². The lowest BCUT2D eigenvalue weighted by atomic mass is 10.1. The molecule has 0 saturated heterocycles. The number of nitro groups is 1. The molecule has 0 aliphatic heterocycles. The van der Waals surface area contributed by atoms with Crippen LogP contribution in [0.4, 0.5) is 15.8 Å². The highest BCUT2D eigenvalue weighted by Crippen LogP contribution is 2.47. The molecule has 1 amide bonds. The second kappa shape index (κ2) is 7.29. The first kappa shape index (κ1) is 16.9. The number of nitrogens with one attached hydrogen (secondary N) is 2. The molecule has 1 aliphatic carbocycles. The van der Waals surface area contributed by atoms with Crippen molar-refractivity contribution in [3.05, 3.63) is 70.0 Å². The molecule has 130 valence electrons. The van der Waals surface area contributed by atoms with Crippen LogP contribution < -0.4 is 10.6 Å². The molecule has 0 heterocycles. The third kappa shape index (κ3) is 4.32.